The molecule has 0 radical (unpaired) electrons. The third kappa shape index (κ3) is 2.46. The lowest BCUT2D eigenvalue weighted by Gasteiger charge is -2.03. The average Bonchev–Trinajstić information content (AvgIpc) is 2.97. The van der Waals surface area contributed by atoms with E-state index in [1.807, 2.05) is 0 Å². The summed E-state index contributed by atoms with van der Waals surface area (Å²) in [5.41, 5.74) is 1.29. The maximum absolute atomic E-state index is 11.9. The standard InChI is InChI=1S/C14H9NO4S/c16-13(18-7-10-6-15-8-20-10)11-5-9-3-1-2-4-12(9)19-14(11)17/h1-6,8H,7H2. The fraction of sp³-hybridized carbons (Fsp3) is 0.0714. The second kappa shape index (κ2) is 5.26. The number of hydrogen-bond donors (Lipinski definition) is 0. The number of carbonyl (C=O) groups excluding carboxylic acids is 1. The minimum absolute atomic E-state index is 0.0930. The summed E-state index contributed by atoms with van der Waals surface area (Å²) in [7, 11) is 0. The van der Waals surface area contributed by atoms with Gasteiger partial charge in [0, 0.05) is 11.6 Å². The van der Waals surface area contributed by atoms with Crippen molar-refractivity contribution in [3.8, 4) is 0 Å². The predicted molar refractivity (Wildman–Crippen MR) is 73.7 cm³/mol. The van der Waals surface area contributed by atoms with Crippen molar-refractivity contribution < 1.29 is 13.9 Å². The lowest BCUT2D eigenvalue weighted by atomic mass is 10.2. The van der Waals surface area contributed by atoms with Gasteiger partial charge in [-0.2, -0.15) is 0 Å². The van der Waals surface area contributed by atoms with Gasteiger partial charge in [0.1, 0.15) is 17.8 Å². The smallest absolute Gasteiger partial charge is 0.351 e. The molecule has 0 saturated heterocycles. The first kappa shape index (κ1) is 12.6. The SMILES string of the molecule is O=C(OCc1cncs1)c1cc2ccccc2oc1=O. The summed E-state index contributed by atoms with van der Waals surface area (Å²) in [5.74, 6) is -0.696. The van der Waals surface area contributed by atoms with Crippen LogP contribution in [-0.2, 0) is 11.3 Å². The molecule has 1 aromatic carbocycles. The van der Waals surface area contributed by atoms with Gasteiger partial charge >= 0.3 is 11.6 Å². The first-order chi connectivity index (χ1) is 9.74. The van der Waals surface area contributed by atoms with Gasteiger partial charge in [0.15, 0.2) is 0 Å². The van der Waals surface area contributed by atoms with E-state index < -0.39 is 11.6 Å². The number of benzene rings is 1. The molecular weight excluding hydrogens is 278 g/mol. The van der Waals surface area contributed by atoms with Crippen molar-refractivity contribution in [2.24, 2.45) is 0 Å². The highest BCUT2D eigenvalue weighted by Gasteiger charge is 2.15. The van der Waals surface area contributed by atoms with Gasteiger partial charge in [0.05, 0.1) is 10.4 Å². The lowest BCUT2D eigenvalue weighted by molar-refractivity contribution is 0.0472. The molecule has 20 heavy (non-hydrogen) atoms. The van der Waals surface area contributed by atoms with Gasteiger partial charge in [-0.3, -0.25) is 4.98 Å². The molecule has 0 fully saturated rings. The molecule has 2 aromatic heterocycles. The summed E-state index contributed by atoms with van der Waals surface area (Å²) in [6, 6.07) is 8.47. The van der Waals surface area contributed by atoms with Crippen LogP contribution in [0.5, 0.6) is 0 Å². The van der Waals surface area contributed by atoms with Gasteiger partial charge in [-0.05, 0) is 12.1 Å². The van der Waals surface area contributed by atoms with Gasteiger partial charge in [-0.25, -0.2) is 9.59 Å². The predicted octanol–water partition coefficient (Wildman–Crippen LogP) is 2.61. The van der Waals surface area contributed by atoms with Crippen molar-refractivity contribution in [2.75, 3.05) is 0 Å². The van der Waals surface area contributed by atoms with Gasteiger partial charge in [-0.15, -0.1) is 11.3 Å². The molecule has 0 aliphatic heterocycles. The van der Waals surface area contributed by atoms with E-state index in [4.69, 9.17) is 9.15 Å². The fourth-order valence-electron chi connectivity index (χ4n) is 1.73. The van der Waals surface area contributed by atoms with Crippen molar-refractivity contribution >= 4 is 28.3 Å². The van der Waals surface area contributed by atoms with Crippen molar-refractivity contribution in [2.45, 2.75) is 6.61 Å². The van der Waals surface area contributed by atoms with Crippen LogP contribution in [0.3, 0.4) is 0 Å². The Hall–Kier alpha value is -2.47. The normalized spacial score (nSPS) is 10.6. The molecule has 0 unspecified atom stereocenters. The van der Waals surface area contributed by atoms with Crippen molar-refractivity contribution in [1.82, 2.24) is 4.98 Å². The topological polar surface area (TPSA) is 69.4 Å². The van der Waals surface area contributed by atoms with E-state index in [1.165, 1.54) is 17.4 Å². The molecule has 0 spiro atoms. The minimum Gasteiger partial charge on any atom is -0.456 e. The van der Waals surface area contributed by atoms with Crippen LogP contribution < -0.4 is 5.63 Å². The number of fused-ring (bicyclic) bond motifs is 1. The number of aromatic nitrogens is 1. The number of thiazole rings is 1. The first-order valence-electron chi connectivity index (χ1n) is 5.81. The van der Waals surface area contributed by atoms with Crippen LogP contribution in [0.15, 0.2) is 51.3 Å². The summed E-state index contributed by atoms with van der Waals surface area (Å²) in [6.07, 6.45) is 1.61. The number of rotatable bonds is 3. The number of ether oxygens (including phenoxy) is 1. The highest BCUT2D eigenvalue weighted by atomic mass is 32.1. The molecule has 0 amide bonds. The largest absolute Gasteiger partial charge is 0.456 e. The van der Waals surface area contributed by atoms with Crippen LogP contribution in [0.2, 0.25) is 0 Å². The van der Waals surface area contributed by atoms with E-state index in [9.17, 15) is 9.59 Å². The first-order valence-corrected chi connectivity index (χ1v) is 6.69. The van der Waals surface area contributed by atoms with E-state index in [0.29, 0.717) is 11.0 Å². The molecule has 0 saturated carbocycles. The molecule has 0 aliphatic rings. The number of carbonyl (C=O) groups is 1. The van der Waals surface area contributed by atoms with Crippen LogP contribution in [0.1, 0.15) is 15.2 Å². The molecule has 100 valence electrons. The third-order valence-corrected chi connectivity index (χ3v) is 3.44. The monoisotopic (exact) mass is 287 g/mol. The molecule has 0 N–H and O–H groups in total. The Morgan fingerprint density at radius 1 is 1.35 bits per heavy atom. The Morgan fingerprint density at radius 3 is 3.00 bits per heavy atom. The van der Waals surface area contributed by atoms with Crippen molar-refractivity contribution in [3.63, 3.8) is 0 Å². The van der Waals surface area contributed by atoms with Gasteiger partial charge in [0.25, 0.3) is 0 Å². The van der Waals surface area contributed by atoms with Crippen molar-refractivity contribution in [3.05, 3.63) is 62.9 Å². The zero-order chi connectivity index (χ0) is 13.9. The number of nitrogens with zero attached hydrogens (tertiary/aromatic N) is 1. The zero-order valence-electron chi connectivity index (χ0n) is 10.2. The third-order valence-electron chi connectivity index (χ3n) is 2.69. The summed E-state index contributed by atoms with van der Waals surface area (Å²) in [5, 5.41) is 0.678. The highest BCUT2D eigenvalue weighted by Crippen LogP contribution is 2.14. The van der Waals surface area contributed by atoms with E-state index >= 15 is 0 Å². The Labute approximate surface area is 117 Å². The Kier molecular flexibility index (Phi) is 3.30. The molecular formula is C14H9NO4S. The number of para-hydroxylation sites is 1. The molecule has 3 aromatic rings. The maximum atomic E-state index is 11.9. The van der Waals surface area contributed by atoms with Crippen LogP contribution in [-0.4, -0.2) is 11.0 Å². The average molecular weight is 287 g/mol. The molecule has 0 aliphatic carbocycles. The Balaban J connectivity index is 1.87. The van der Waals surface area contributed by atoms with E-state index in [-0.39, 0.29) is 12.2 Å². The van der Waals surface area contributed by atoms with Crippen molar-refractivity contribution in [1.29, 1.82) is 0 Å². The van der Waals surface area contributed by atoms with Crippen LogP contribution in [0.4, 0.5) is 0 Å². The van der Waals surface area contributed by atoms with Gasteiger partial charge in [0.2, 0.25) is 0 Å². The molecule has 6 heteroatoms. The summed E-state index contributed by atoms with van der Waals surface area (Å²) in [4.78, 5) is 28.4. The molecule has 2 heterocycles. The molecule has 3 rings (SSSR count). The highest BCUT2D eigenvalue weighted by molar-refractivity contribution is 7.09. The summed E-state index contributed by atoms with van der Waals surface area (Å²) < 4.78 is 10.2. The van der Waals surface area contributed by atoms with Crippen LogP contribution in [0, 0.1) is 0 Å². The van der Waals surface area contributed by atoms with Crippen LogP contribution >= 0.6 is 11.3 Å². The lowest BCUT2D eigenvalue weighted by Crippen LogP contribution is -2.16. The summed E-state index contributed by atoms with van der Waals surface area (Å²) in [6.45, 7) is 0.0930. The second-order valence-corrected chi connectivity index (χ2v) is 5.00. The van der Waals surface area contributed by atoms with Gasteiger partial charge < -0.3 is 9.15 Å². The van der Waals surface area contributed by atoms with Crippen LogP contribution in [0.25, 0.3) is 11.0 Å². The maximum Gasteiger partial charge on any atom is 0.351 e. The molecule has 5 nitrogen and oxygen atoms in total. The van der Waals surface area contributed by atoms with Gasteiger partial charge in [-0.1, -0.05) is 18.2 Å². The Morgan fingerprint density at radius 2 is 2.20 bits per heavy atom. The molecule has 0 atom stereocenters. The van der Waals surface area contributed by atoms with E-state index in [0.717, 1.165) is 4.88 Å². The molecule has 0 bridgehead atoms. The quantitative estimate of drug-likeness (QED) is 0.547. The number of hydrogen-bond acceptors (Lipinski definition) is 6. The zero-order valence-corrected chi connectivity index (χ0v) is 11.1. The second-order valence-electron chi connectivity index (χ2n) is 4.03. The van der Waals surface area contributed by atoms with E-state index in [2.05, 4.69) is 4.98 Å². The Bertz CT molecular complexity index is 807. The fourth-order valence-corrected chi connectivity index (χ4v) is 2.24. The minimum atomic E-state index is -0.696. The summed E-state index contributed by atoms with van der Waals surface area (Å²) >= 11 is 1.38. The van der Waals surface area contributed by atoms with E-state index in [1.54, 1.807) is 36.0 Å². The number of esters is 1.